The maximum atomic E-state index is 13.9. The van der Waals surface area contributed by atoms with E-state index in [1.807, 2.05) is 13.0 Å². The molecular formula is C45H56N4O8S. The number of piperidine rings is 3. The Morgan fingerprint density at radius 1 is 0.793 bits per heavy atom. The number of likely N-dealkylation sites (tertiary alicyclic amines) is 2. The smallest absolute Gasteiger partial charge is 0.262 e. The van der Waals surface area contributed by atoms with Gasteiger partial charge in [0, 0.05) is 18.7 Å². The number of rotatable bonds is 15. The van der Waals surface area contributed by atoms with Crippen LogP contribution in [0, 0.1) is 0 Å². The van der Waals surface area contributed by atoms with Crippen LogP contribution in [0.3, 0.4) is 0 Å². The number of fused-ring (bicyclic) bond motifs is 1. The Morgan fingerprint density at radius 3 is 2.17 bits per heavy atom. The highest BCUT2D eigenvalue weighted by Crippen LogP contribution is 2.38. The molecule has 4 heterocycles. The third-order valence-electron chi connectivity index (χ3n) is 12.5. The monoisotopic (exact) mass is 812 g/mol. The zero-order valence-electron chi connectivity index (χ0n) is 33.9. The summed E-state index contributed by atoms with van der Waals surface area (Å²) in [7, 11) is -2.07. The summed E-state index contributed by atoms with van der Waals surface area (Å²) in [6.07, 6.45) is 9.46. The fraction of sp³-hybridized carbons (Fsp3) is 0.511. The summed E-state index contributed by atoms with van der Waals surface area (Å²) in [6, 6.07) is 18.5. The molecule has 0 bridgehead atoms. The quantitative estimate of drug-likeness (QED) is 0.151. The minimum Gasteiger partial charge on any atom is -0.493 e. The zero-order chi connectivity index (χ0) is 41.0. The van der Waals surface area contributed by atoms with E-state index in [9.17, 15) is 27.6 Å². The summed E-state index contributed by atoms with van der Waals surface area (Å²) >= 11 is 0. The van der Waals surface area contributed by atoms with E-state index in [1.54, 1.807) is 30.3 Å². The van der Waals surface area contributed by atoms with Crippen LogP contribution in [0.2, 0.25) is 0 Å². The van der Waals surface area contributed by atoms with Crippen LogP contribution in [0.4, 0.5) is 0 Å². The first kappa shape index (κ1) is 41.6. The molecule has 3 aromatic carbocycles. The van der Waals surface area contributed by atoms with Crippen LogP contribution in [0.5, 0.6) is 11.5 Å². The van der Waals surface area contributed by atoms with Gasteiger partial charge in [0.05, 0.1) is 42.6 Å². The van der Waals surface area contributed by atoms with Gasteiger partial charge in [0.1, 0.15) is 9.84 Å². The number of benzene rings is 3. The van der Waals surface area contributed by atoms with Gasteiger partial charge in [-0.05, 0) is 143 Å². The van der Waals surface area contributed by atoms with Crippen LogP contribution in [0.1, 0.15) is 119 Å². The van der Waals surface area contributed by atoms with Gasteiger partial charge in [0.15, 0.2) is 11.5 Å². The molecule has 2 atom stereocenters. The number of sulfone groups is 1. The highest BCUT2D eigenvalue weighted by molar-refractivity contribution is 7.90. The van der Waals surface area contributed by atoms with Gasteiger partial charge in [-0.2, -0.15) is 0 Å². The second-order valence-electron chi connectivity index (χ2n) is 16.3. The van der Waals surface area contributed by atoms with Crippen LogP contribution in [0.15, 0.2) is 60.7 Å². The molecule has 13 heteroatoms. The molecule has 0 spiro atoms. The van der Waals surface area contributed by atoms with Crippen LogP contribution in [0.25, 0.3) is 0 Å². The van der Waals surface area contributed by atoms with E-state index in [4.69, 9.17) is 9.47 Å². The average Bonchev–Trinajstić information content (AvgIpc) is 3.46. The molecule has 58 heavy (non-hydrogen) atoms. The van der Waals surface area contributed by atoms with Gasteiger partial charge in [-0.3, -0.25) is 29.4 Å². The molecule has 310 valence electrons. The molecule has 4 aliphatic rings. The molecule has 1 N–H and O–H groups in total. The lowest BCUT2D eigenvalue weighted by Crippen LogP contribution is -2.47. The fourth-order valence-electron chi connectivity index (χ4n) is 9.30. The van der Waals surface area contributed by atoms with E-state index in [0.29, 0.717) is 59.6 Å². The Balaban J connectivity index is 0.863. The Kier molecular flexibility index (Phi) is 13.0. The van der Waals surface area contributed by atoms with Gasteiger partial charge in [0.25, 0.3) is 11.8 Å². The molecule has 0 aromatic heterocycles. The number of carbonyl (C=O) groups excluding carboxylic acids is 4. The van der Waals surface area contributed by atoms with E-state index in [1.165, 1.54) is 25.5 Å². The maximum Gasteiger partial charge on any atom is 0.262 e. The second kappa shape index (κ2) is 18.1. The van der Waals surface area contributed by atoms with Gasteiger partial charge in [-0.1, -0.05) is 36.4 Å². The molecule has 0 radical (unpaired) electrons. The molecule has 3 saturated heterocycles. The van der Waals surface area contributed by atoms with E-state index in [2.05, 4.69) is 39.4 Å². The van der Waals surface area contributed by atoms with E-state index in [-0.39, 0.29) is 17.7 Å². The number of imide groups is 2. The van der Waals surface area contributed by atoms with Gasteiger partial charge in [-0.15, -0.1) is 0 Å². The Morgan fingerprint density at radius 2 is 1.50 bits per heavy atom. The first-order chi connectivity index (χ1) is 27.9. The Labute approximate surface area is 342 Å². The van der Waals surface area contributed by atoms with Crippen molar-refractivity contribution in [2.75, 3.05) is 58.4 Å². The zero-order valence-corrected chi connectivity index (χ0v) is 34.7. The van der Waals surface area contributed by atoms with Crippen molar-refractivity contribution in [3.63, 3.8) is 0 Å². The molecular weight excluding hydrogens is 757 g/mol. The first-order valence-corrected chi connectivity index (χ1v) is 22.9. The first-order valence-electron chi connectivity index (χ1n) is 20.8. The van der Waals surface area contributed by atoms with Crippen molar-refractivity contribution in [3.05, 3.63) is 94.0 Å². The number of carbonyl (C=O) groups is 4. The molecule has 3 fully saturated rings. The summed E-state index contributed by atoms with van der Waals surface area (Å²) in [5.74, 6) is -0.593. The lowest BCUT2D eigenvalue weighted by atomic mass is 9.85. The summed E-state index contributed by atoms with van der Waals surface area (Å²) < 4.78 is 36.3. The molecule has 12 nitrogen and oxygen atoms in total. The number of hydrogen-bond donors (Lipinski definition) is 1. The largest absolute Gasteiger partial charge is 0.493 e. The standard InChI is InChI=1S/C45H56N4O8S/c1-4-57-41-28-34(13-16-40(41)56-2)39(29-58(3,54)55)49-44(52)37-14-8-30(27-38(37)45(49)53)7-5-6-22-47-23-20-35(21-24-47)48-25-18-32(19-26-48)31-9-11-33(12-10-31)36-15-17-42(50)46-43(36)51/h8-14,16,27-28,32,35-36,39H,4-7,15,17-26,29H2,1-3H3,(H,46,50,51)/t36?,39-/m1/s1. The van der Waals surface area contributed by atoms with Crippen LogP contribution >= 0.6 is 0 Å². The van der Waals surface area contributed by atoms with Crippen molar-refractivity contribution in [1.82, 2.24) is 20.0 Å². The molecule has 0 saturated carbocycles. The number of nitrogens with zero attached hydrogens (tertiary/aromatic N) is 3. The number of hydrogen-bond acceptors (Lipinski definition) is 10. The third kappa shape index (κ3) is 9.48. The lowest BCUT2D eigenvalue weighted by Gasteiger charge is -2.42. The van der Waals surface area contributed by atoms with Crippen molar-refractivity contribution in [2.24, 2.45) is 0 Å². The second-order valence-corrected chi connectivity index (χ2v) is 18.5. The van der Waals surface area contributed by atoms with Crippen molar-refractivity contribution in [3.8, 4) is 11.5 Å². The van der Waals surface area contributed by atoms with Crippen LogP contribution < -0.4 is 14.8 Å². The van der Waals surface area contributed by atoms with Crippen molar-refractivity contribution >= 4 is 33.5 Å². The van der Waals surface area contributed by atoms with Crippen molar-refractivity contribution in [1.29, 1.82) is 0 Å². The van der Waals surface area contributed by atoms with Gasteiger partial charge >= 0.3 is 0 Å². The Hall–Kier alpha value is -4.59. The maximum absolute atomic E-state index is 13.9. The van der Waals surface area contributed by atoms with Crippen LogP contribution in [-0.4, -0.2) is 111 Å². The Bertz CT molecular complexity index is 2110. The molecule has 3 aromatic rings. The molecule has 4 amide bonds. The predicted octanol–water partition coefficient (Wildman–Crippen LogP) is 5.66. The van der Waals surface area contributed by atoms with Crippen molar-refractivity contribution < 1.29 is 37.1 Å². The lowest BCUT2D eigenvalue weighted by molar-refractivity contribution is -0.134. The molecule has 1 unspecified atom stereocenters. The molecule has 0 aliphatic carbocycles. The van der Waals surface area contributed by atoms with Crippen molar-refractivity contribution in [2.45, 2.75) is 88.6 Å². The van der Waals surface area contributed by atoms with E-state index < -0.39 is 33.4 Å². The SMILES string of the molecule is CCOc1cc([C@@H](CS(C)(=O)=O)N2C(=O)c3ccc(CCCCN4CCC(N5CCC(c6ccc(C7CCC(=O)NC7=O)cc6)CC5)CC4)cc3C2=O)ccc1OC. The predicted molar refractivity (Wildman–Crippen MR) is 221 cm³/mol. The summed E-state index contributed by atoms with van der Waals surface area (Å²) in [6.45, 7) is 7.60. The minimum atomic E-state index is -3.58. The van der Waals surface area contributed by atoms with E-state index in [0.717, 1.165) is 87.1 Å². The number of methoxy groups -OCH3 is 1. The average molecular weight is 813 g/mol. The number of aryl methyl sites for hydroxylation is 1. The fourth-order valence-corrected chi connectivity index (χ4v) is 10.2. The number of unbranched alkanes of at least 4 members (excludes halogenated alkanes) is 1. The van der Waals surface area contributed by atoms with Gasteiger partial charge in [0.2, 0.25) is 11.8 Å². The molecule has 7 rings (SSSR count). The van der Waals surface area contributed by atoms with Gasteiger partial charge < -0.3 is 19.3 Å². The molecule has 4 aliphatic heterocycles. The van der Waals surface area contributed by atoms with Gasteiger partial charge in [-0.25, -0.2) is 8.42 Å². The summed E-state index contributed by atoms with van der Waals surface area (Å²) in [5.41, 5.74) is 4.39. The number of nitrogens with one attached hydrogen (secondary N) is 1. The third-order valence-corrected chi connectivity index (χ3v) is 13.4. The number of ether oxygens (including phenoxy) is 2. The normalized spacial score (nSPS) is 20.6. The minimum absolute atomic E-state index is 0.182. The highest BCUT2D eigenvalue weighted by Gasteiger charge is 2.42. The van der Waals surface area contributed by atoms with E-state index >= 15 is 0 Å². The topological polar surface area (TPSA) is 143 Å². The summed E-state index contributed by atoms with van der Waals surface area (Å²) in [5, 5.41) is 2.47. The highest BCUT2D eigenvalue weighted by atomic mass is 32.2. The summed E-state index contributed by atoms with van der Waals surface area (Å²) in [4.78, 5) is 57.7. The number of amides is 4. The van der Waals surface area contributed by atoms with Crippen LogP contribution in [-0.2, 0) is 25.8 Å².